The minimum Gasteiger partial charge on any atom is -0.299 e. The van der Waals surface area contributed by atoms with Crippen LogP contribution < -0.4 is 0 Å². The molecule has 0 aromatic rings. The first-order valence-electron chi connectivity index (χ1n) is 0.977. The highest BCUT2D eigenvalue weighted by Gasteiger charge is 1.38. The molecule has 2 heteroatoms. The molecule has 0 N–H and O–H groups in total. The van der Waals surface area contributed by atoms with Gasteiger partial charge in [0.15, 0.2) is 0 Å². The quantitative estimate of drug-likeness (QED) is 0.259. The zero-order chi connectivity index (χ0) is 3.41. The van der Waals surface area contributed by atoms with Gasteiger partial charge in [-0.3, -0.25) is 4.79 Å². The van der Waals surface area contributed by atoms with E-state index in [1.165, 1.54) is 6.08 Å². The third-order valence-electron chi connectivity index (χ3n) is 0.0962. The second kappa shape index (κ2) is 9.15. The van der Waals surface area contributed by atoms with Crippen molar-refractivity contribution in [2.45, 2.75) is 0 Å². The van der Waals surface area contributed by atoms with Gasteiger partial charge in [-0.2, -0.15) is 9.90 Å². The first kappa shape index (κ1) is 8.85. The molecule has 0 saturated carbocycles. The van der Waals surface area contributed by atoms with Crippen LogP contribution in [0, 0.1) is 0 Å². The third kappa shape index (κ3) is 18.4. The minimum absolute atomic E-state index is 0. The zero-order valence-electron chi connectivity index (χ0n) is 2.98. The molecule has 0 radical (unpaired) electrons. The Bertz CT molecular complexity index is 27.9. The standard InChI is InChI=1S/C3H4O.H3P/c1-2-3-4;/h2-3H,1H2;1H3. The van der Waals surface area contributed by atoms with E-state index < -0.39 is 0 Å². The molecule has 0 aromatic heterocycles. The van der Waals surface area contributed by atoms with Crippen molar-refractivity contribution in [2.75, 3.05) is 0 Å². The molecule has 0 aliphatic rings. The Balaban J connectivity index is 0. The Morgan fingerprint density at radius 1 is 1.60 bits per heavy atom. The molecule has 0 aliphatic heterocycles. The van der Waals surface area contributed by atoms with Gasteiger partial charge in [0.2, 0.25) is 0 Å². The molecule has 0 aliphatic carbocycles. The summed E-state index contributed by atoms with van der Waals surface area (Å²) in [5, 5.41) is 0. The molecule has 1 unspecified atom stereocenters. The molecule has 1 nitrogen and oxygen atoms in total. The fraction of sp³-hybridized carbons (Fsp3) is 0. The van der Waals surface area contributed by atoms with Gasteiger partial charge in [-0.05, 0) is 6.08 Å². The third-order valence-corrected chi connectivity index (χ3v) is 0.0962. The monoisotopic (exact) mass is 90.0 g/mol. The largest absolute Gasteiger partial charge is 0.299 e. The molecule has 0 saturated heterocycles. The van der Waals surface area contributed by atoms with Crippen LogP contribution in [0.15, 0.2) is 12.7 Å². The fourth-order valence-electron chi connectivity index (χ4n) is 0. The van der Waals surface area contributed by atoms with Gasteiger partial charge in [0.05, 0.1) is 0 Å². The van der Waals surface area contributed by atoms with Crippen molar-refractivity contribution in [3.63, 3.8) is 0 Å². The Morgan fingerprint density at radius 2 is 1.80 bits per heavy atom. The van der Waals surface area contributed by atoms with Crippen LogP contribution in [0.4, 0.5) is 0 Å². The smallest absolute Gasteiger partial charge is 0.142 e. The molecule has 1 atom stereocenters. The fourth-order valence-corrected chi connectivity index (χ4v) is 0. The number of carbonyl (C=O) groups is 1. The number of aldehydes is 1. The van der Waals surface area contributed by atoms with E-state index in [2.05, 4.69) is 6.58 Å². The predicted molar refractivity (Wildman–Crippen MR) is 27.4 cm³/mol. The van der Waals surface area contributed by atoms with E-state index in [4.69, 9.17) is 4.79 Å². The highest BCUT2D eigenvalue weighted by molar-refractivity contribution is 6.92. The summed E-state index contributed by atoms with van der Waals surface area (Å²) in [7, 11) is 0. The van der Waals surface area contributed by atoms with Gasteiger partial charge in [0, 0.05) is 0 Å². The molecular weight excluding hydrogens is 83.0 g/mol. The van der Waals surface area contributed by atoms with Gasteiger partial charge in [-0.15, -0.1) is 0 Å². The first-order valence-corrected chi connectivity index (χ1v) is 0.977. The number of hydrogen-bond acceptors (Lipinski definition) is 1. The number of allylic oxidation sites excluding steroid dienone is 1. The van der Waals surface area contributed by atoms with Crippen LogP contribution in [0.3, 0.4) is 0 Å². The van der Waals surface area contributed by atoms with E-state index in [9.17, 15) is 0 Å². The summed E-state index contributed by atoms with van der Waals surface area (Å²) in [4.78, 5) is 9.06. The average Bonchev–Trinajstić information content (AvgIpc) is 1.37. The van der Waals surface area contributed by atoms with Crippen molar-refractivity contribution >= 4 is 16.2 Å². The van der Waals surface area contributed by atoms with Crippen LogP contribution in [-0.4, -0.2) is 6.29 Å². The molecule has 30 valence electrons. The summed E-state index contributed by atoms with van der Waals surface area (Å²) >= 11 is 0. The summed E-state index contributed by atoms with van der Waals surface area (Å²) in [6.07, 6.45) is 1.83. The van der Waals surface area contributed by atoms with Crippen molar-refractivity contribution in [1.29, 1.82) is 0 Å². The lowest BCUT2D eigenvalue weighted by Crippen LogP contribution is -1.44. The van der Waals surface area contributed by atoms with E-state index in [0.717, 1.165) is 0 Å². The summed E-state index contributed by atoms with van der Waals surface area (Å²) in [5.74, 6) is 0. The first-order chi connectivity index (χ1) is 1.91. The van der Waals surface area contributed by atoms with Gasteiger partial charge in [0.1, 0.15) is 6.29 Å². The lowest BCUT2D eigenvalue weighted by Gasteiger charge is -1.37. The number of carbonyl (C=O) groups excluding carboxylic acids is 1. The zero-order valence-corrected chi connectivity index (χ0v) is 4.39. The van der Waals surface area contributed by atoms with Crippen molar-refractivity contribution in [3.8, 4) is 0 Å². The molecule has 0 rings (SSSR count). The number of hydrogen-bond donors (Lipinski definition) is 0. The predicted octanol–water partition coefficient (Wildman–Crippen LogP) is 0.429. The second-order valence-electron chi connectivity index (χ2n) is 0.372. The van der Waals surface area contributed by atoms with Crippen LogP contribution in [0.25, 0.3) is 0 Å². The molecule has 0 fully saturated rings. The van der Waals surface area contributed by atoms with Gasteiger partial charge in [0.25, 0.3) is 0 Å². The van der Waals surface area contributed by atoms with E-state index in [0.29, 0.717) is 6.29 Å². The lowest BCUT2D eigenvalue weighted by molar-refractivity contribution is -0.104. The normalized spacial score (nSPS) is 4.00. The maximum Gasteiger partial charge on any atom is 0.142 e. The van der Waals surface area contributed by atoms with E-state index >= 15 is 0 Å². The average molecular weight is 90.1 g/mol. The number of rotatable bonds is 1. The van der Waals surface area contributed by atoms with E-state index in [1.807, 2.05) is 0 Å². The topological polar surface area (TPSA) is 17.1 Å². The maximum absolute atomic E-state index is 9.06. The summed E-state index contributed by atoms with van der Waals surface area (Å²) < 4.78 is 0. The van der Waals surface area contributed by atoms with Crippen LogP contribution >= 0.6 is 9.90 Å². The Labute approximate surface area is 34.7 Å². The highest BCUT2D eigenvalue weighted by Crippen LogP contribution is 1.35. The molecule has 0 spiro atoms. The molecule has 0 aromatic carbocycles. The summed E-state index contributed by atoms with van der Waals surface area (Å²) in [6, 6.07) is 0. The van der Waals surface area contributed by atoms with Crippen LogP contribution in [0.5, 0.6) is 0 Å². The minimum atomic E-state index is 0. The highest BCUT2D eigenvalue weighted by atomic mass is 31.0. The molecule has 0 amide bonds. The maximum atomic E-state index is 9.06. The van der Waals surface area contributed by atoms with Gasteiger partial charge in [-0.1, -0.05) is 6.58 Å². The van der Waals surface area contributed by atoms with Crippen LogP contribution in [0.1, 0.15) is 0 Å². The van der Waals surface area contributed by atoms with Crippen molar-refractivity contribution in [1.82, 2.24) is 0 Å². The van der Waals surface area contributed by atoms with Gasteiger partial charge >= 0.3 is 0 Å². The molecule has 0 bridgehead atoms. The molecule has 0 heterocycles. The molecule has 5 heavy (non-hydrogen) atoms. The lowest BCUT2D eigenvalue weighted by atomic mass is 10.8. The van der Waals surface area contributed by atoms with E-state index in [-0.39, 0.29) is 9.90 Å². The molecular formula is C3H7OP. The Morgan fingerprint density at radius 3 is 1.80 bits per heavy atom. The Kier molecular flexibility index (Phi) is 16.2. The van der Waals surface area contributed by atoms with Crippen LogP contribution in [-0.2, 0) is 4.79 Å². The van der Waals surface area contributed by atoms with Gasteiger partial charge in [-0.25, -0.2) is 0 Å². The summed E-state index contributed by atoms with van der Waals surface area (Å²) in [5.41, 5.74) is 0. The summed E-state index contributed by atoms with van der Waals surface area (Å²) in [6.45, 7) is 3.11. The van der Waals surface area contributed by atoms with Gasteiger partial charge < -0.3 is 0 Å². The van der Waals surface area contributed by atoms with Crippen molar-refractivity contribution in [2.24, 2.45) is 0 Å². The van der Waals surface area contributed by atoms with E-state index in [1.54, 1.807) is 0 Å². The Hall–Kier alpha value is -0.160. The SMILES string of the molecule is C=CC=O.P. The van der Waals surface area contributed by atoms with Crippen molar-refractivity contribution < 1.29 is 4.79 Å². The second-order valence-corrected chi connectivity index (χ2v) is 0.372. The van der Waals surface area contributed by atoms with Crippen LogP contribution in [0.2, 0.25) is 0 Å². The van der Waals surface area contributed by atoms with Crippen molar-refractivity contribution in [3.05, 3.63) is 12.7 Å².